The van der Waals surface area contributed by atoms with E-state index in [-0.39, 0.29) is 0 Å². The third-order valence-corrected chi connectivity index (χ3v) is 2.06. The van der Waals surface area contributed by atoms with Gasteiger partial charge in [-0.05, 0) is 25.1 Å². The van der Waals surface area contributed by atoms with Gasteiger partial charge in [0.15, 0.2) is 0 Å². The maximum absolute atomic E-state index is 11.3. The summed E-state index contributed by atoms with van der Waals surface area (Å²) in [5, 5.41) is 11.7. The highest BCUT2D eigenvalue weighted by Crippen LogP contribution is 2.10. The molecule has 0 aromatic heterocycles. The third-order valence-electron chi connectivity index (χ3n) is 2.06. The molecule has 1 aromatic rings. The lowest BCUT2D eigenvalue weighted by Crippen LogP contribution is -2.14. The van der Waals surface area contributed by atoms with Crippen LogP contribution >= 0.6 is 0 Å². The van der Waals surface area contributed by atoms with Crippen LogP contribution in [0.25, 0.3) is 0 Å². The second kappa shape index (κ2) is 6.33. The molecule has 0 saturated carbocycles. The molecule has 1 aromatic carbocycles. The van der Waals surface area contributed by atoms with Gasteiger partial charge in [-0.2, -0.15) is 5.26 Å². The number of hydrogen-bond acceptors (Lipinski definition) is 4. The molecule has 17 heavy (non-hydrogen) atoms. The summed E-state index contributed by atoms with van der Waals surface area (Å²) in [6.45, 7) is 6.01. The van der Waals surface area contributed by atoms with E-state index in [4.69, 9.17) is 10.00 Å². The average Bonchev–Trinajstić information content (AvgIpc) is 2.36. The molecule has 0 fully saturated rings. The second-order valence-electron chi connectivity index (χ2n) is 3.37. The molecule has 4 nitrogen and oxygen atoms in total. The largest absolute Gasteiger partial charge is 0.463 e. The molecule has 0 unspecified atom stereocenters. The number of nitriles is 1. The number of benzene rings is 1. The van der Waals surface area contributed by atoms with Crippen LogP contribution < -0.4 is 5.32 Å². The van der Waals surface area contributed by atoms with Gasteiger partial charge < -0.3 is 10.1 Å². The molecule has 0 aliphatic rings. The summed E-state index contributed by atoms with van der Waals surface area (Å²) in [7, 11) is 0. The van der Waals surface area contributed by atoms with Crippen LogP contribution in [0.3, 0.4) is 0 Å². The Morgan fingerprint density at radius 1 is 1.59 bits per heavy atom. The average molecular weight is 230 g/mol. The fourth-order valence-corrected chi connectivity index (χ4v) is 1.21. The Balaban J connectivity index is 2.53. The van der Waals surface area contributed by atoms with E-state index in [1.807, 2.05) is 12.1 Å². The van der Waals surface area contributed by atoms with Gasteiger partial charge in [0.2, 0.25) is 0 Å². The van der Waals surface area contributed by atoms with Crippen molar-refractivity contribution < 1.29 is 9.53 Å². The van der Waals surface area contributed by atoms with E-state index in [0.29, 0.717) is 24.3 Å². The minimum Gasteiger partial charge on any atom is -0.463 e. The van der Waals surface area contributed by atoms with Gasteiger partial charge in [0.1, 0.15) is 0 Å². The van der Waals surface area contributed by atoms with Gasteiger partial charge >= 0.3 is 5.97 Å². The number of carbonyl (C=O) groups excluding carboxylic acids is 1. The van der Waals surface area contributed by atoms with Crippen molar-refractivity contribution in [1.29, 1.82) is 5.26 Å². The molecule has 1 rings (SSSR count). The summed E-state index contributed by atoms with van der Waals surface area (Å²) in [6, 6.07) is 9.05. The minimum atomic E-state index is -0.406. The maximum Gasteiger partial charge on any atom is 0.335 e. The smallest absolute Gasteiger partial charge is 0.335 e. The number of anilines is 1. The van der Waals surface area contributed by atoms with Crippen molar-refractivity contribution in [2.45, 2.75) is 6.92 Å². The molecular formula is C13H14N2O2. The monoisotopic (exact) mass is 230 g/mol. The SMILES string of the molecule is C=C(CNc1cccc(C#N)c1)C(=O)OCC. The first-order valence-electron chi connectivity index (χ1n) is 5.26. The summed E-state index contributed by atoms with van der Waals surface area (Å²) in [6.07, 6.45) is 0. The molecule has 0 aliphatic carbocycles. The number of nitrogens with zero attached hydrogens (tertiary/aromatic N) is 1. The van der Waals surface area contributed by atoms with Gasteiger partial charge in [-0.15, -0.1) is 0 Å². The minimum absolute atomic E-state index is 0.299. The number of nitrogens with one attached hydrogen (secondary N) is 1. The lowest BCUT2D eigenvalue weighted by Gasteiger charge is -2.08. The molecule has 88 valence electrons. The molecule has 0 radical (unpaired) electrons. The van der Waals surface area contributed by atoms with Crippen LogP contribution in [0.15, 0.2) is 36.4 Å². The Morgan fingerprint density at radius 3 is 3.00 bits per heavy atom. The molecule has 1 N–H and O–H groups in total. The first-order valence-corrected chi connectivity index (χ1v) is 5.26. The topological polar surface area (TPSA) is 62.1 Å². The Bertz CT molecular complexity index is 461. The van der Waals surface area contributed by atoms with Gasteiger partial charge in [-0.25, -0.2) is 4.79 Å². The van der Waals surface area contributed by atoms with Crippen LogP contribution in [-0.2, 0) is 9.53 Å². The summed E-state index contributed by atoms with van der Waals surface area (Å²) in [5.74, 6) is -0.406. The molecule has 4 heteroatoms. The predicted molar refractivity (Wildman–Crippen MR) is 65.4 cm³/mol. The lowest BCUT2D eigenvalue weighted by molar-refractivity contribution is -0.138. The molecule has 0 bridgehead atoms. The van der Waals surface area contributed by atoms with E-state index in [2.05, 4.69) is 11.9 Å². The fourth-order valence-electron chi connectivity index (χ4n) is 1.21. The van der Waals surface area contributed by atoms with E-state index in [9.17, 15) is 4.79 Å². The molecular weight excluding hydrogens is 216 g/mol. The van der Waals surface area contributed by atoms with Gasteiger partial charge in [0.25, 0.3) is 0 Å². The Kier molecular flexibility index (Phi) is 4.77. The van der Waals surface area contributed by atoms with E-state index in [0.717, 1.165) is 5.69 Å². The zero-order valence-electron chi connectivity index (χ0n) is 9.69. The molecule has 0 amide bonds. The van der Waals surface area contributed by atoms with E-state index in [1.165, 1.54) is 0 Å². The Hall–Kier alpha value is -2.28. The molecule has 0 spiro atoms. The van der Waals surface area contributed by atoms with Crippen molar-refractivity contribution in [3.8, 4) is 6.07 Å². The van der Waals surface area contributed by atoms with Crippen molar-refractivity contribution in [3.05, 3.63) is 42.0 Å². The van der Waals surface area contributed by atoms with E-state index in [1.54, 1.807) is 25.1 Å². The summed E-state index contributed by atoms with van der Waals surface area (Å²) in [5.41, 5.74) is 1.69. The predicted octanol–water partition coefficient (Wildman–Crippen LogP) is 2.09. The molecule has 0 heterocycles. The van der Waals surface area contributed by atoms with Gasteiger partial charge in [-0.1, -0.05) is 12.6 Å². The van der Waals surface area contributed by atoms with Crippen LogP contribution in [0, 0.1) is 11.3 Å². The van der Waals surface area contributed by atoms with Crippen molar-refractivity contribution in [3.63, 3.8) is 0 Å². The fraction of sp³-hybridized carbons (Fsp3) is 0.231. The highest BCUT2D eigenvalue weighted by molar-refractivity contribution is 5.88. The quantitative estimate of drug-likeness (QED) is 0.621. The molecule has 0 atom stereocenters. The lowest BCUT2D eigenvalue weighted by atomic mass is 10.2. The summed E-state index contributed by atoms with van der Waals surface area (Å²) < 4.78 is 4.81. The van der Waals surface area contributed by atoms with Crippen molar-refractivity contribution in [2.75, 3.05) is 18.5 Å². The molecule has 0 saturated heterocycles. The summed E-state index contributed by atoms with van der Waals surface area (Å²) >= 11 is 0. The van der Waals surface area contributed by atoms with Crippen molar-refractivity contribution in [2.24, 2.45) is 0 Å². The van der Waals surface area contributed by atoms with Crippen molar-refractivity contribution in [1.82, 2.24) is 0 Å². The third kappa shape index (κ3) is 3.99. The van der Waals surface area contributed by atoms with E-state index < -0.39 is 5.97 Å². The number of ether oxygens (including phenoxy) is 1. The summed E-state index contributed by atoms with van der Waals surface area (Å²) in [4.78, 5) is 11.3. The highest BCUT2D eigenvalue weighted by Gasteiger charge is 2.06. The molecule has 0 aliphatic heterocycles. The van der Waals surface area contributed by atoms with Crippen LogP contribution in [-0.4, -0.2) is 19.1 Å². The van der Waals surface area contributed by atoms with E-state index >= 15 is 0 Å². The normalized spacial score (nSPS) is 9.18. The maximum atomic E-state index is 11.3. The number of hydrogen-bond donors (Lipinski definition) is 1. The number of esters is 1. The highest BCUT2D eigenvalue weighted by atomic mass is 16.5. The first-order chi connectivity index (χ1) is 8.17. The second-order valence-corrected chi connectivity index (χ2v) is 3.37. The van der Waals surface area contributed by atoms with Gasteiger partial charge in [0.05, 0.1) is 18.2 Å². The van der Waals surface area contributed by atoms with Crippen LogP contribution in [0.4, 0.5) is 5.69 Å². The van der Waals surface area contributed by atoms with Crippen LogP contribution in [0.1, 0.15) is 12.5 Å². The van der Waals surface area contributed by atoms with Gasteiger partial charge in [-0.3, -0.25) is 0 Å². The van der Waals surface area contributed by atoms with Crippen LogP contribution in [0.5, 0.6) is 0 Å². The zero-order chi connectivity index (χ0) is 12.7. The first kappa shape index (κ1) is 12.8. The number of carbonyl (C=O) groups is 1. The Morgan fingerprint density at radius 2 is 2.35 bits per heavy atom. The van der Waals surface area contributed by atoms with Crippen molar-refractivity contribution >= 4 is 11.7 Å². The van der Waals surface area contributed by atoms with Crippen LogP contribution in [0.2, 0.25) is 0 Å². The zero-order valence-corrected chi connectivity index (χ0v) is 9.69. The van der Waals surface area contributed by atoms with Gasteiger partial charge in [0, 0.05) is 17.8 Å². The standard InChI is InChI=1S/C13H14N2O2/c1-3-17-13(16)10(2)9-15-12-6-4-5-11(7-12)8-14/h4-7,15H,2-3,9H2,1H3. The number of rotatable bonds is 5. The Labute approximate surface area is 101 Å².